The summed E-state index contributed by atoms with van der Waals surface area (Å²) in [6, 6.07) is 13.3. The molecule has 6 nitrogen and oxygen atoms in total. The predicted molar refractivity (Wildman–Crippen MR) is 114 cm³/mol. The van der Waals surface area contributed by atoms with Crippen molar-refractivity contribution in [2.45, 2.75) is 20.4 Å². The minimum atomic E-state index is -0.368. The van der Waals surface area contributed by atoms with Crippen molar-refractivity contribution in [3.63, 3.8) is 0 Å². The fourth-order valence-corrected chi connectivity index (χ4v) is 4.27. The summed E-state index contributed by atoms with van der Waals surface area (Å²) in [5.74, 6) is 0.906. The Morgan fingerprint density at radius 3 is 2.17 bits per heavy atom. The molecule has 0 saturated heterocycles. The van der Waals surface area contributed by atoms with Gasteiger partial charge in [-0.3, -0.25) is 4.79 Å². The molecule has 0 fully saturated rings. The van der Waals surface area contributed by atoms with Crippen LogP contribution in [0.2, 0.25) is 0 Å². The molecular formula is C22H24N2O4S. The smallest absolute Gasteiger partial charge is 0.279 e. The Hall–Kier alpha value is -3.06. The van der Waals surface area contributed by atoms with Crippen LogP contribution < -0.4 is 19.0 Å². The number of carbonyl (C=O) groups is 1. The lowest BCUT2D eigenvalue weighted by molar-refractivity contribution is 0.0997. The summed E-state index contributed by atoms with van der Waals surface area (Å²) in [6.45, 7) is 4.79. The molecule has 0 saturated carbocycles. The summed E-state index contributed by atoms with van der Waals surface area (Å²) in [6.07, 6.45) is 0. The van der Waals surface area contributed by atoms with Crippen molar-refractivity contribution in [2.75, 3.05) is 21.3 Å². The number of methoxy groups -OCH3 is 3. The molecule has 0 atom stereocenters. The van der Waals surface area contributed by atoms with E-state index in [1.54, 1.807) is 12.1 Å². The predicted octanol–water partition coefficient (Wildman–Crippen LogP) is 4.31. The van der Waals surface area contributed by atoms with Gasteiger partial charge in [0.25, 0.3) is 5.91 Å². The van der Waals surface area contributed by atoms with Crippen LogP contribution in [0.3, 0.4) is 0 Å². The summed E-state index contributed by atoms with van der Waals surface area (Å²) >= 11 is 1.50. The molecule has 152 valence electrons. The van der Waals surface area contributed by atoms with Gasteiger partial charge >= 0.3 is 0 Å². The van der Waals surface area contributed by atoms with E-state index in [-0.39, 0.29) is 5.91 Å². The first-order valence-electron chi connectivity index (χ1n) is 9.18. The molecule has 0 N–H and O–H groups in total. The van der Waals surface area contributed by atoms with E-state index < -0.39 is 0 Å². The Balaban J connectivity index is 2.11. The highest BCUT2D eigenvalue weighted by atomic mass is 32.1. The summed E-state index contributed by atoms with van der Waals surface area (Å²) in [5, 5.41) is 0. The monoisotopic (exact) mass is 412 g/mol. The Bertz CT molecular complexity index is 1060. The maximum atomic E-state index is 12.9. The molecule has 7 heteroatoms. The minimum Gasteiger partial charge on any atom is -0.493 e. The third-order valence-corrected chi connectivity index (χ3v) is 5.54. The maximum absolute atomic E-state index is 12.9. The Kier molecular flexibility index (Phi) is 6.39. The second kappa shape index (κ2) is 8.96. The first kappa shape index (κ1) is 20.7. The second-order valence-electron chi connectivity index (χ2n) is 6.23. The zero-order chi connectivity index (χ0) is 21.0. The average molecular weight is 413 g/mol. The molecule has 0 aliphatic rings. The van der Waals surface area contributed by atoms with E-state index in [4.69, 9.17) is 14.2 Å². The van der Waals surface area contributed by atoms with Gasteiger partial charge in [-0.15, -0.1) is 11.3 Å². The van der Waals surface area contributed by atoms with Crippen LogP contribution in [-0.4, -0.2) is 31.8 Å². The first-order valence-corrected chi connectivity index (χ1v) is 10.00. The molecule has 0 aliphatic heterocycles. The fraction of sp³-hybridized carbons (Fsp3) is 0.273. The minimum absolute atomic E-state index is 0.368. The molecule has 0 unspecified atom stereocenters. The maximum Gasteiger partial charge on any atom is 0.279 e. The van der Waals surface area contributed by atoms with Crippen LogP contribution in [0.15, 0.2) is 47.5 Å². The number of thiazole rings is 1. The Morgan fingerprint density at radius 1 is 1.03 bits per heavy atom. The summed E-state index contributed by atoms with van der Waals surface area (Å²) in [7, 11) is 4.56. The number of rotatable bonds is 6. The first-order chi connectivity index (χ1) is 14.0. The van der Waals surface area contributed by atoms with Crippen LogP contribution in [0, 0.1) is 6.92 Å². The number of benzene rings is 2. The number of hydrogen-bond donors (Lipinski definition) is 0. The zero-order valence-corrected chi connectivity index (χ0v) is 18.0. The molecule has 3 rings (SSSR count). The fourth-order valence-electron chi connectivity index (χ4n) is 3.21. The van der Waals surface area contributed by atoms with Crippen molar-refractivity contribution in [3.8, 4) is 28.5 Å². The number of ether oxygens (including phenoxy) is 3. The molecule has 1 amide bonds. The molecule has 3 aromatic rings. The van der Waals surface area contributed by atoms with Gasteiger partial charge in [0.15, 0.2) is 16.3 Å². The van der Waals surface area contributed by atoms with Crippen LogP contribution in [0.25, 0.3) is 11.3 Å². The lowest BCUT2D eigenvalue weighted by atomic mass is 10.1. The molecule has 0 radical (unpaired) electrons. The van der Waals surface area contributed by atoms with Crippen molar-refractivity contribution in [2.24, 2.45) is 4.99 Å². The van der Waals surface area contributed by atoms with E-state index in [1.807, 2.05) is 32.0 Å². The topological polar surface area (TPSA) is 62.1 Å². The van der Waals surface area contributed by atoms with Gasteiger partial charge in [-0.25, -0.2) is 0 Å². The largest absolute Gasteiger partial charge is 0.493 e. The van der Waals surface area contributed by atoms with Gasteiger partial charge in [0.1, 0.15) is 0 Å². The summed E-state index contributed by atoms with van der Waals surface area (Å²) in [4.78, 5) is 19.1. The van der Waals surface area contributed by atoms with Crippen LogP contribution >= 0.6 is 11.3 Å². The molecule has 2 aromatic carbocycles. The number of amides is 1. The van der Waals surface area contributed by atoms with Gasteiger partial charge in [0.05, 0.1) is 27.0 Å². The third kappa shape index (κ3) is 4.05. The quantitative estimate of drug-likeness (QED) is 0.605. The molecule has 1 aromatic heterocycles. The standard InChI is InChI=1S/C22H24N2O4S/c1-6-24-19(15-10-8-7-9-11-15)14(2)29-22(24)23-21(25)16-12-17(26-3)20(28-5)18(13-16)27-4/h7-13H,6H2,1-5H3. The van der Waals surface area contributed by atoms with E-state index >= 15 is 0 Å². The average Bonchev–Trinajstić information content (AvgIpc) is 3.07. The van der Waals surface area contributed by atoms with Crippen molar-refractivity contribution in [1.29, 1.82) is 0 Å². The van der Waals surface area contributed by atoms with E-state index in [9.17, 15) is 4.79 Å². The highest BCUT2D eigenvalue weighted by molar-refractivity contribution is 7.09. The molecule has 1 heterocycles. The summed E-state index contributed by atoms with van der Waals surface area (Å²) in [5.41, 5.74) is 2.55. The van der Waals surface area contributed by atoms with Crippen molar-refractivity contribution >= 4 is 17.2 Å². The van der Waals surface area contributed by atoms with Gasteiger partial charge in [0.2, 0.25) is 5.75 Å². The third-order valence-electron chi connectivity index (χ3n) is 4.55. The van der Waals surface area contributed by atoms with Gasteiger partial charge in [-0.2, -0.15) is 4.99 Å². The van der Waals surface area contributed by atoms with Crippen molar-refractivity contribution in [3.05, 3.63) is 57.7 Å². The highest BCUT2D eigenvalue weighted by Crippen LogP contribution is 2.38. The molecule has 29 heavy (non-hydrogen) atoms. The molecular weight excluding hydrogens is 388 g/mol. The lowest BCUT2D eigenvalue weighted by Gasteiger charge is -2.12. The lowest BCUT2D eigenvalue weighted by Crippen LogP contribution is -2.17. The summed E-state index contributed by atoms with van der Waals surface area (Å²) < 4.78 is 18.1. The van der Waals surface area contributed by atoms with Crippen LogP contribution in [0.1, 0.15) is 22.2 Å². The van der Waals surface area contributed by atoms with Gasteiger partial charge in [0, 0.05) is 17.0 Å². The van der Waals surface area contributed by atoms with E-state index in [0.717, 1.165) is 16.1 Å². The second-order valence-corrected chi connectivity index (χ2v) is 7.41. The normalized spacial score (nSPS) is 11.4. The Morgan fingerprint density at radius 2 is 1.66 bits per heavy atom. The highest BCUT2D eigenvalue weighted by Gasteiger charge is 2.18. The van der Waals surface area contributed by atoms with Gasteiger partial charge < -0.3 is 18.8 Å². The van der Waals surface area contributed by atoms with Gasteiger partial charge in [-0.1, -0.05) is 30.3 Å². The molecule has 0 bridgehead atoms. The number of carbonyl (C=O) groups excluding carboxylic acids is 1. The van der Waals surface area contributed by atoms with E-state index in [0.29, 0.717) is 34.2 Å². The van der Waals surface area contributed by atoms with Crippen molar-refractivity contribution < 1.29 is 19.0 Å². The zero-order valence-electron chi connectivity index (χ0n) is 17.2. The number of hydrogen-bond acceptors (Lipinski definition) is 5. The molecule has 0 spiro atoms. The molecule has 0 aliphatic carbocycles. The SMILES string of the molecule is CCn1c(-c2ccccc2)c(C)sc1=NC(=O)c1cc(OC)c(OC)c(OC)c1. The van der Waals surface area contributed by atoms with Crippen molar-refractivity contribution in [1.82, 2.24) is 4.57 Å². The number of aromatic nitrogens is 1. The van der Waals surface area contributed by atoms with E-state index in [1.165, 1.54) is 32.7 Å². The van der Waals surface area contributed by atoms with Crippen LogP contribution in [0.5, 0.6) is 17.2 Å². The van der Waals surface area contributed by atoms with Crippen LogP contribution in [0.4, 0.5) is 0 Å². The van der Waals surface area contributed by atoms with Crippen LogP contribution in [-0.2, 0) is 6.54 Å². The number of nitrogens with zero attached hydrogens (tertiary/aromatic N) is 2. The van der Waals surface area contributed by atoms with Gasteiger partial charge in [-0.05, 0) is 31.5 Å². The number of aryl methyl sites for hydroxylation is 1. The van der Waals surface area contributed by atoms with E-state index in [2.05, 4.69) is 21.7 Å². The Labute approximate surface area is 174 Å².